The van der Waals surface area contributed by atoms with Gasteiger partial charge in [0.25, 0.3) is 10.0 Å². The molecule has 1 aromatic heterocycles. The van der Waals surface area contributed by atoms with E-state index in [0.717, 1.165) is 6.42 Å². The van der Waals surface area contributed by atoms with Crippen LogP contribution >= 0.6 is 0 Å². The summed E-state index contributed by atoms with van der Waals surface area (Å²) in [5.41, 5.74) is 2.05. The molecule has 222 valence electrons. The van der Waals surface area contributed by atoms with E-state index in [1.807, 2.05) is 39.3 Å². The number of benzene rings is 2. The van der Waals surface area contributed by atoms with Crippen LogP contribution in [0.15, 0.2) is 41.3 Å². The first-order valence-electron chi connectivity index (χ1n) is 13.7. The summed E-state index contributed by atoms with van der Waals surface area (Å²) in [7, 11) is -4.40. The standard InChI is InChI=1S/C30H38FN3O6S/c1-8-16-34-28(26(20(7)32-34)29(35)39-9-2)23-15-14-22(27(31)25(23)19(5)6)21-12-10-11-13-24(21)41(37,38)33-30(36)40-17-18(3)4/h10-15,18-19H,8-9,16-17H2,1-7H3,(H,33,36). The number of carbonyl (C=O) groups is 2. The highest BCUT2D eigenvalue weighted by molar-refractivity contribution is 7.90. The highest BCUT2D eigenvalue weighted by Gasteiger charge is 2.30. The minimum Gasteiger partial charge on any atom is -0.462 e. The Morgan fingerprint density at radius 2 is 1.66 bits per heavy atom. The number of nitrogens with one attached hydrogen (secondary N) is 1. The SMILES string of the molecule is CCCn1nc(C)c(C(=O)OCC)c1-c1ccc(-c2ccccc2S(=O)(=O)NC(=O)OCC(C)C)c(F)c1C(C)C. The Labute approximate surface area is 241 Å². The lowest BCUT2D eigenvalue weighted by Gasteiger charge is -2.20. The molecule has 11 heteroatoms. The zero-order valence-corrected chi connectivity index (χ0v) is 25.4. The number of nitrogens with zero attached hydrogens (tertiary/aromatic N) is 2. The smallest absolute Gasteiger partial charge is 0.421 e. The van der Waals surface area contributed by atoms with E-state index in [2.05, 4.69) is 5.10 Å². The topological polar surface area (TPSA) is 117 Å². The number of aromatic nitrogens is 2. The van der Waals surface area contributed by atoms with Crippen LogP contribution in [-0.4, -0.2) is 43.5 Å². The molecule has 0 atom stereocenters. The number of rotatable bonds is 11. The summed E-state index contributed by atoms with van der Waals surface area (Å²) in [5.74, 6) is -1.52. The van der Waals surface area contributed by atoms with Gasteiger partial charge >= 0.3 is 12.1 Å². The number of esters is 1. The largest absolute Gasteiger partial charge is 0.462 e. The van der Waals surface area contributed by atoms with Gasteiger partial charge in [-0.25, -0.2) is 27.1 Å². The van der Waals surface area contributed by atoms with Crippen LogP contribution in [0.3, 0.4) is 0 Å². The van der Waals surface area contributed by atoms with Crippen molar-refractivity contribution in [3.05, 3.63) is 59.0 Å². The Balaban J connectivity index is 2.22. The minimum atomic E-state index is -4.40. The lowest BCUT2D eigenvalue weighted by atomic mass is 9.89. The van der Waals surface area contributed by atoms with Crippen LogP contribution in [0.1, 0.15) is 75.5 Å². The summed E-state index contributed by atoms with van der Waals surface area (Å²) in [4.78, 5) is 24.9. The van der Waals surface area contributed by atoms with Gasteiger partial charge in [0.15, 0.2) is 0 Å². The third kappa shape index (κ3) is 6.95. The van der Waals surface area contributed by atoms with Crippen LogP contribution in [0.4, 0.5) is 9.18 Å². The Bertz CT molecular complexity index is 1530. The van der Waals surface area contributed by atoms with Crippen LogP contribution < -0.4 is 4.72 Å². The molecule has 0 aliphatic carbocycles. The molecule has 1 heterocycles. The molecule has 3 rings (SSSR count). The van der Waals surface area contributed by atoms with Crippen molar-refractivity contribution >= 4 is 22.1 Å². The molecule has 0 bridgehead atoms. The summed E-state index contributed by atoms with van der Waals surface area (Å²) < 4.78 is 56.8. The van der Waals surface area contributed by atoms with Crippen LogP contribution in [0, 0.1) is 18.7 Å². The van der Waals surface area contributed by atoms with E-state index in [9.17, 15) is 18.0 Å². The van der Waals surface area contributed by atoms with E-state index in [-0.39, 0.29) is 46.6 Å². The molecule has 1 amide bonds. The number of halogens is 1. The lowest BCUT2D eigenvalue weighted by molar-refractivity contribution is 0.0526. The molecule has 0 saturated carbocycles. The third-order valence-corrected chi connectivity index (χ3v) is 7.66. The number of sulfonamides is 1. The Kier molecular flexibility index (Phi) is 10.3. The Morgan fingerprint density at radius 1 is 1.00 bits per heavy atom. The van der Waals surface area contributed by atoms with Gasteiger partial charge in [0.1, 0.15) is 11.4 Å². The van der Waals surface area contributed by atoms with Gasteiger partial charge in [0, 0.05) is 28.8 Å². The molecule has 0 spiro atoms. The first kappa shape index (κ1) is 31.8. The number of ether oxygens (including phenoxy) is 2. The van der Waals surface area contributed by atoms with Gasteiger partial charge in [0.2, 0.25) is 0 Å². The summed E-state index contributed by atoms with van der Waals surface area (Å²) in [5, 5.41) is 4.55. The molecule has 2 aromatic carbocycles. The van der Waals surface area contributed by atoms with Gasteiger partial charge in [-0.05, 0) is 38.2 Å². The molecule has 0 aliphatic heterocycles. The first-order valence-corrected chi connectivity index (χ1v) is 15.2. The average molecular weight is 588 g/mol. The normalized spacial score (nSPS) is 11.7. The van der Waals surface area contributed by atoms with Crippen LogP contribution in [-0.2, 0) is 26.0 Å². The molecular formula is C30H38FN3O6S. The summed E-state index contributed by atoms with van der Waals surface area (Å²) in [6, 6.07) is 9.01. The highest BCUT2D eigenvalue weighted by atomic mass is 32.2. The fraction of sp³-hybridized carbons (Fsp3) is 0.433. The van der Waals surface area contributed by atoms with Crippen LogP contribution in [0.2, 0.25) is 0 Å². The number of carbonyl (C=O) groups excluding carboxylic acids is 2. The number of aryl methyl sites for hydroxylation is 2. The van der Waals surface area contributed by atoms with Crippen LogP contribution in [0.25, 0.3) is 22.4 Å². The minimum absolute atomic E-state index is 0.0135. The zero-order chi connectivity index (χ0) is 30.5. The van der Waals surface area contributed by atoms with Gasteiger partial charge in [-0.2, -0.15) is 5.10 Å². The van der Waals surface area contributed by atoms with E-state index in [0.29, 0.717) is 29.1 Å². The fourth-order valence-electron chi connectivity index (χ4n) is 4.61. The molecule has 0 saturated heterocycles. The van der Waals surface area contributed by atoms with Gasteiger partial charge in [0.05, 0.1) is 29.5 Å². The van der Waals surface area contributed by atoms with Crippen molar-refractivity contribution in [2.75, 3.05) is 13.2 Å². The highest BCUT2D eigenvalue weighted by Crippen LogP contribution is 2.40. The van der Waals surface area contributed by atoms with Crippen molar-refractivity contribution in [1.82, 2.24) is 14.5 Å². The molecule has 0 unspecified atom stereocenters. The monoisotopic (exact) mass is 587 g/mol. The van der Waals surface area contributed by atoms with Crippen molar-refractivity contribution < 1.29 is 31.9 Å². The van der Waals surface area contributed by atoms with E-state index >= 15 is 4.39 Å². The quantitative estimate of drug-likeness (QED) is 0.256. The second-order valence-corrected chi connectivity index (χ2v) is 12.0. The maximum atomic E-state index is 16.5. The molecule has 9 nitrogen and oxygen atoms in total. The second kappa shape index (κ2) is 13.3. The Morgan fingerprint density at radius 3 is 2.27 bits per heavy atom. The van der Waals surface area contributed by atoms with Gasteiger partial charge in [-0.1, -0.05) is 65.0 Å². The third-order valence-electron chi connectivity index (χ3n) is 6.29. The zero-order valence-electron chi connectivity index (χ0n) is 24.6. The molecule has 0 radical (unpaired) electrons. The van der Waals surface area contributed by atoms with Crippen molar-refractivity contribution in [1.29, 1.82) is 0 Å². The molecule has 3 aromatic rings. The van der Waals surface area contributed by atoms with Gasteiger partial charge in [-0.15, -0.1) is 0 Å². The van der Waals surface area contributed by atoms with Crippen molar-refractivity contribution in [2.45, 2.75) is 72.2 Å². The maximum absolute atomic E-state index is 16.5. The van der Waals surface area contributed by atoms with E-state index in [1.165, 1.54) is 24.3 Å². The summed E-state index contributed by atoms with van der Waals surface area (Å²) >= 11 is 0. The predicted molar refractivity (Wildman–Crippen MR) is 155 cm³/mol. The second-order valence-electron chi connectivity index (χ2n) is 10.4. The van der Waals surface area contributed by atoms with E-state index in [4.69, 9.17) is 9.47 Å². The van der Waals surface area contributed by atoms with Crippen molar-refractivity contribution in [3.63, 3.8) is 0 Å². The van der Waals surface area contributed by atoms with E-state index in [1.54, 1.807) is 30.7 Å². The summed E-state index contributed by atoms with van der Waals surface area (Å²) in [6.07, 6.45) is -0.385. The van der Waals surface area contributed by atoms with E-state index < -0.39 is 27.9 Å². The Hall–Kier alpha value is -3.73. The van der Waals surface area contributed by atoms with Crippen molar-refractivity contribution in [2.24, 2.45) is 5.92 Å². The van der Waals surface area contributed by atoms with Gasteiger partial charge < -0.3 is 9.47 Å². The summed E-state index contributed by atoms with van der Waals surface area (Å²) in [6.45, 7) is 13.4. The molecule has 1 N–H and O–H groups in total. The average Bonchev–Trinajstić information content (AvgIpc) is 3.22. The molecule has 0 aliphatic rings. The lowest BCUT2D eigenvalue weighted by Crippen LogP contribution is -2.32. The number of amides is 1. The fourth-order valence-corrected chi connectivity index (χ4v) is 5.72. The van der Waals surface area contributed by atoms with Crippen molar-refractivity contribution in [3.8, 4) is 22.4 Å². The molecular weight excluding hydrogens is 549 g/mol. The first-order chi connectivity index (χ1) is 19.3. The van der Waals surface area contributed by atoms with Gasteiger partial charge in [-0.3, -0.25) is 4.68 Å². The number of hydrogen-bond donors (Lipinski definition) is 1. The van der Waals surface area contributed by atoms with Crippen LogP contribution in [0.5, 0.6) is 0 Å². The molecule has 41 heavy (non-hydrogen) atoms. The molecule has 0 fully saturated rings. The maximum Gasteiger partial charge on any atom is 0.421 e. The predicted octanol–water partition coefficient (Wildman–Crippen LogP) is 6.45. The number of hydrogen-bond acceptors (Lipinski definition) is 7.